The highest BCUT2D eigenvalue weighted by Gasteiger charge is 2.13. The van der Waals surface area contributed by atoms with Gasteiger partial charge in [-0.3, -0.25) is 4.79 Å². The van der Waals surface area contributed by atoms with Gasteiger partial charge in [-0.05, 0) is 38.0 Å². The average molecular weight is 290 g/mol. The molecule has 2 rings (SSSR count). The number of carbonyl (C=O) groups excluding carboxylic acids is 1. The Morgan fingerprint density at radius 3 is 2.67 bits per heavy atom. The number of hydrogen-bond acceptors (Lipinski definition) is 3. The molecular weight excluding hydrogens is 268 g/mol. The van der Waals surface area contributed by atoms with Crippen LogP contribution in [0.1, 0.15) is 33.1 Å². The molecule has 0 saturated heterocycles. The number of aromatic nitrogens is 2. The maximum absolute atomic E-state index is 12.1. The first-order valence-electron chi connectivity index (χ1n) is 7.24. The Balaban J connectivity index is 1.95. The minimum Gasteiger partial charge on any atom is -0.328 e. The van der Waals surface area contributed by atoms with E-state index in [0.29, 0.717) is 11.2 Å². The molecule has 1 aromatic heterocycles. The zero-order valence-corrected chi connectivity index (χ0v) is 12.4. The molecule has 0 fully saturated rings. The van der Waals surface area contributed by atoms with Gasteiger partial charge in [0.2, 0.25) is 5.91 Å². The summed E-state index contributed by atoms with van der Waals surface area (Å²) in [6.45, 7) is 3.88. The van der Waals surface area contributed by atoms with E-state index < -0.39 is 0 Å². The third-order valence-electron chi connectivity index (χ3n) is 3.53. The van der Waals surface area contributed by atoms with Gasteiger partial charge in [0, 0.05) is 17.6 Å². The monoisotopic (exact) mass is 290 g/mol. The van der Waals surface area contributed by atoms with Gasteiger partial charge in [-0.25, -0.2) is 4.79 Å². The molecule has 1 heterocycles. The number of nitrogens with two attached hydrogens (primary N) is 1. The maximum atomic E-state index is 12.1. The summed E-state index contributed by atoms with van der Waals surface area (Å²) in [5, 5.41) is 2.88. The molecule has 2 atom stereocenters. The Morgan fingerprint density at radius 1 is 1.24 bits per heavy atom. The van der Waals surface area contributed by atoms with Crippen LogP contribution in [0, 0.1) is 5.92 Å². The number of aromatic amines is 2. The highest BCUT2D eigenvalue weighted by Crippen LogP contribution is 2.17. The molecule has 114 valence electrons. The Morgan fingerprint density at radius 2 is 1.95 bits per heavy atom. The lowest BCUT2D eigenvalue weighted by Crippen LogP contribution is -2.21. The van der Waals surface area contributed by atoms with Gasteiger partial charge in [0.15, 0.2) is 0 Å². The van der Waals surface area contributed by atoms with E-state index >= 15 is 0 Å². The summed E-state index contributed by atoms with van der Waals surface area (Å²) in [7, 11) is 0. The Bertz CT molecular complexity index is 672. The molecule has 6 nitrogen and oxygen atoms in total. The smallest absolute Gasteiger partial charge is 0.323 e. The highest BCUT2D eigenvalue weighted by molar-refractivity contribution is 5.94. The summed E-state index contributed by atoms with van der Waals surface area (Å²) in [5.74, 6) is -0.0818. The van der Waals surface area contributed by atoms with Gasteiger partial charge < -0.3 is 21.0 Å². The van der Waals surface area contributed by atoms with Crippen molar-refractivity contribution in [1.29, 1.82) is 0 Å². The van der Waals surface area contributed by atoms with Crippen molar-refractivity contribution in [2.75, 3.05) is 5.32 Å². The van der Waals surface area contributed by atoms with E-state index in [2.05, 4.69) is 15.3 Å². The van der Waals surface area contributed by atoms with E-state index in [1.54, 1.807) is 18.2 Å². The van der Waals surface area contributed by atoms with Crippen LogP contribution in [0.25, 0.3) is 11.0 Å². The van der Waals surface area contributed by atoms with Crippen molar-refractivity contribution in [3.8, 4) is 0 Å². The summed E-state index contributed by atoms with van der Waals surface area (Å²) in [6, 6.07) is 5.47. The van der Waals surface area contributed by atoms with Crippen LogP contribution in [-0.4, -0.2) is 21.9 Å². The quantitative estimate of drug-likeness (QED) is 0.653. The van der Waals surface area contributed by atoms with Crippen LogP contribution >= 0.6 is 0 Å². The number of benzene rings is 1. The van der Waals surface area contributed by atoms with Crippen LogP contribution < -0.4 is 16.7 Å². The Labute approximate surface area is 123 Å². The zero-order valence-electron chi connectivity index (χ0n) is 12.4. The van der Waals surface area contributed by atoms with Gasteiger partial charge in [-0.1, -0.05) is 13.3 Å². The largest absolute Gasteiger partial charge is 0.328 e. The van der Waals surface area contributed by atoms with Gasteiger partial charge >= 0.3 is 5.69 Å². The van der Waals surface area contributed by atoms with Crippen molar-refractivity contribution >= 4 is 22.6 Å². The lowest BCUT2D eigenvalue weighted by molar-refractivity contribution is -0.119. The van der Waals surface area contributed by atoms with Crippen molar-refractivity contribution in [2.24, 2.45) is 11.7 Å². The standard InChI is InChI=1S/C15H22N4O2/c1-9(4-3-5-10(2)16)14(20)17-11-6-7-12-13(8-11)19-15(21)18-12/h6-10H,3-5,16H2,1-2H3,(H,17,20)(H2,18,19,21). The van der Waals surface area contributed by atoms with Crippen LogP contribution in [0.2, 0.25) is 0 Å². The molecule has 0 aliphatic heterocycles. The first kappa shape index (κ1) is 15.3. The molecule has 2 unspecified atom stereocenters. The maximum Gasteiger partial charge on any atom is 0.323 e. The number of carbonyl (C=O) groups is 1. The lowest BCUT2D eigenvalue weighted by atomic mass is 10.0. The number of rotatable bonds is 6. The van der Waals surface area contributed by atoms with Crippen molar-refractivity contribution in [3.05, 3.63) is 28.7 Å². The molecule has 5 N–H and O–H groups in total. The number of imidazole rings is 1. The Hall–Kier alpha value is -2.08. The minimum atomic E-state index is -0.252. The molecule has 6 heteroatoms. The molecule has 0 aliphatic rings. The van der Waals surface area contributed by atoms with E-state index in [0.717, 1.165) is 24.8 Å². The fraction of sp³-hybridized carbons (Fsp3) is 0.467. The normalized spacial score (nSPS) is 14.0. The second-order valence-corrected chi connectivity index (χ2v) is 5.64. The molecular formula is C15H22N4O2. The van der Waals surface area contributed by atoms with Crippen LogP contribution in [0.5, 0.6) is 0 Å². The molecule has 0 aliphatic carbocycles. The van der Waals surface area contributed by atoms with Crippen LogP contribution in [0.15, 0.2) is 23.0 Å². The van der Waals surface area contributed by atoms with E-state index in [1.165, 1.54) is 0 Å². The van der Waals surface area contributed by atoms with Crippen LogP contribution in [0.3, 0.4) is 0 Å². The second kappa shape index (κ2) is 6.58. The molecule has 0 spiro atoms. The van der Waals surface area contributed by atoms with Crippen molar-refractivity contribution in [3.63, 3.8) is 0 Å². The molecule has 1 aromatic carbocycles. The van der Waals surface area contributed by atoms with Crippen LogP contribution in [0.4, 0.5) is 5.69 Å². The number of amides is 1. The third-order valence-corrected chi connectivity index (χ3v) is 3.53. The van der Waals surface area contributed by atoms with Gasteiger partial charge in [0.25, 0.3) is 0 Å². The van der Waals surface area contributed by atoms with Gasteiger partial charge in [-0.15, -0.1) is 0 Å². The van der Waals surface area contributed by atoms with Gasteiger partial charge in [0.1, 0.15) is 0 Å². The SMILES string of the molecule is CC(N)CCCC(C)C(=O)Nc1ccc2[nH]c(=O)[nH]c2c1. The number of fused-ring (bicyclic) bond motifs is 1. The van der Waals surface area contributed by atoms with Crippen molar-refractivity contribution in [1.82, 2.24) is 9.97 Å². The number of nitrogens with one attached hydrogen (secondary N) is 3. The summed E-state index contributed by atoms with van der Waals surface area (Å²) in [6.07, 6.45) is 2.68. The first-order chi connectivity index (χ1) is 9.95. The summed E-state index contributed by atoms with van der Waals surface area (Å²) >= 11 is 0. The first-order valence-corrected chi connectivity index (χ1v) is 7.24. The van der Waals surface area contributed by atoms with Crippen molar-refractivity contribution in [2.45, 2.75) is 39.2 Å². The molecule has 2 aromatic rings. The van der Waals surface area contributed by atoms with Gasteiger partial charge in [-0.2, -0.15) is 0 Å². The molecule has 0 bridgehead atoms. The average Bonchev–Trinajstić information content (AvgIpc) is 2.77. The minimum absolute atomic E-state index is 0.0168. The van der Waals surface area contributed by atoms with E-state index in [4.69, 9.17) is 5.73 Å². The zero-order chi connectivity index (χ0) is 15.4. The Kier molecular flexibility index (Phi) is 4.80. The fourth-order valence-electron chi connectivity index (χ4n) is 2.25. The molecule has 0 saturated carbocycles. The third kappa shape index (κ3) is 4.19. The number of anilines is 1. The second-order valence-electron chi connectivity index (χ2n) is 5.64. The fourth-order valence-corrected chi connectivity index (χ4v) is 2.25. The lowest BCUT2D eigenvalue weighted by Gasteiger charge is -2.13. The van der Waals surface area contributed by atoms with E-state index in [-0.39, 0.29) is 23.6 Å². The molecule has 1 amide bonds. The predicted molar refractivity (Wildman–Crippen MR) is 84.2 cm³/mol. The predicted octanol–water partition coefficient (Wildman–Crippen LogP) is 1.95. The summed E-state index contributed by atoms with van der Waals surface area (Å²) in [5.41, 5.74) is 7.54. The molecule has 0 radical (unpaired) electrons. The number of H-pyrrole nitrogens is 2. The molecule has 21 heavy (non-hydrogen) atoms. The van der Waals surface area contributed by atoms with E-state index in [9.17, 15) is 9.59 Å². The summed E-state index contributed by atoms with van der Waals surface area (Å²) in [4.78, 5) is 28.6. The van der Waals surface area contributed by atoms with E-state index in [1.807, 2.05) is 13.8 Å². The van der Waals surface area contributed by atoms with Gasteiger partial charge in [0.05, 0.1) is 11.0 Å². The highest BCUT2D eigenvalue weighted by atomic mass is 16.2. The van der Waals surface area contributed by atoms with Crippen LogP contribution in [-0.2, 0) is 4.79 Å². The number of hydrogen-bond donors (Lipinski definition) is 4. The summed E-state index contributed by atoms with van der Waals surface area (Å²) < 4.78 is 0. The topological polar surface area (TPSA) is 104 Å². The van der Waals surface area contributed by atoms with Crippen molar-refractivity contribution < 1.29 is 4.79 Å².